The smallest absolute Gasteiger partial charge is 0.276 e. The van der Waals surface area contributed by atoms with Gasteiger partial charge in [-0.05, 0) is 28.8 Å². The fourth-order valence-corrected chi connectivity index (χ4v) is 5.90. The fraction of sp³-hybridized carbons (Fsp3) is 0.312. The van der Waals surface area contributed by atoms with Crippen LogP contribution in [-0.2, 0) is 44.5 Å². The van der Waals surface area contributed by atoms with Crippen LogP contribution in [0.2, 0.25) is 0 Å². The van der Waals surface area contributed by atoms with E-state index in [1.165, 1.54) is 11.8 Å². The summed E-state index contributed by atoms with van der Waals surface area (Å²) in [4.78, 5) is 12.3. The van der Waals surface area contributed by atoms with Gasteiger partial charge in [0.1, 0.15) is 18.0 Å². The standard InChI is InChI=1S/C32H33NO7S/c34-33(35)29-31(39-21-26-15-8-3-9-16-26)30(38-20-25-13-6-2-7-14-25)28(22-36-19-24-11-4-1-5-12-24)40-32(29)41-23-27-17-10-18-37-27/h1-18,28-32H,19-23H2/t28-,29-,30+,31-,32?/m1/s1. The molecule has 5 rings (SSSR count). The summed E-state index contributed by atoms with van der Waals surface area (Å²) in [6.07, 6.45) is -0.650. The van der Waals surface area contributed by atoms with Crippen molar-refractivity contribution in [1.82, 2.24) is 0 Å². The molecule has 214 valence electrons. The van der Waals surface area contributed by atoms with Gasteiger partial charge >= 0.3 is 0 Å². The van der Waals surface area contributed by atoms with Gasteiger partial charge in [-0.2, -0.15) is 0 Å². The maximum atomic E-state index is 12.6. The molecule has 1 aromatic heterocycles. The lowest BCUT2D eigenvalue weighted by Gasteiger charge is -2.42. The molecule has 0 bridgehead atoms. The largest absolute Gasteiger partial charge is 0.468 e. The van der Waals surface area contributed by atoms with Crippen molar-refractivity contribution < 1.29 is 28.3 Å². The van der Waals surface area contributed by atoms with Crippen molar-refractivity contribution in [2.75, 3.05) is 6.61 Å². The van der Waals surface area contributed by atoms with E-state index in [0.717, 1.165) is 16.7 Å². The number of nitrogens with zero attached hydrogens (tertiary/aromatic N) is 1. The highest BCUT2D eigenvalue weighted by Crippen LogP contribution is 2.36. The summed E-state index contributed by atoms with van der Waals surface area (Å²) in [5.74, 6) is 1.13. The first kappa shape index (κ1) is 29.0. The Morgan fingerprint density at radius 3 is 1.83 bits per heavy atom. The van der Waals surface area contributed by atoms with Crippen LogP contribution in [0.3, 0.4) is 0 Å². The molecular formula is C32H33NO7S. The Morgan fingerprint density at radius 2 is 1.29 bits per heavy atom. The SMILES string of the molecule is O=[N+]([O-])[C@H]1C(SCc2ccco2)O[C@H](COCc2ccccc2)[C@H](OCc2ccccc2)[C@@H]1OCc1ccccc1. The van der Waals surface area contributed by atoms with Crippen LogP contribution in [0.25, 0.3) is 0 Å². The Morgan fingerprint density at radius 1 is 0.732 bits per heavy atom. The number of hydrogen-bond acceptors (Lipinski definition) is 8. The van der Waals surface area contributed by atoms with Crippen molar-refractivity contribution >= 4 is 11.8 Å². The normalized spacial score (nSPS) is 22.4. The molecule has 9 heteroatoms. The average Bonchev–Trinajstić information content (AvgIpc) is 3.53. The Kier molecular flexibility index (Phi) is 10.6. The van der Waals surface area contributed by atoms with Gasteiger partial charge < -0.3 is 23.4 Å². The maximum Gasteiger partial charge on any atom is 0.276 e. The molecule has 41 heavy (non-hydrogen) atoms. The highest BCUT2D eigenvalue weighted by Gasteiger charge is 2.54. The van der Waals surface area contributed by atoms with Crippen molar-refractivity contribution in [2.24, 2.45) is 0 Å². The Balaban J connectivity index is 1.40. The highest BCUT2D eigenvalue weighted by atomic mass is 32.2. The van der Waals surface area contributed by atoms with Gasteiger partial charge in [-0.3, -0.25) is 10.1 Å². The van der Waals surface area contributed by atoms with Crippen molar-refractivity contribution in [3.05, 3.63) is 142 Å². The third-order valence-electron chi connectivity index (χ3n) is 6.79. The van der Waals surface area contributed by atoms with Crippen molar-refractivity contribution in [2.45, 2.75) is 55.4 Å². The van der Waals surface area contributed by atoms with Crippen LogP contribution in [0.5, 0.6) is 0 Å². The summed E-state index contributed by atoms with van der Waals surface area (Å²) < 4.78 is 30.8. The van der Waals surface area contributed by atoms with Crippen LogP contribution < -0.4 is 0 Å². The van der Waals surface area contributed by atoms with Gasteiger partial charge in [0.05, 0.1) is 38.4 Å². The topological polar surface area (TPSA) is 93.2 Å². The first-order valence-electron chi connectivity index (χ1n) is 13.5. The Hall–Kier alpha value is -3.47. The van der Waals surface area contributed by atoms with E-state index in [2.05, 4.69) is 0 Å². The number of rotatable bonds is 14. The summed E-state index contributed by atoms with van der Waals surface area (Å²) in [6.45, 7) is 1.02. The van der Waals surface area contributed by atoms with Gasteiger partial charge in [-0.25, -0.2) is 0 Å². The maximum absolute atomic E-state index is 12.6. The Bertz CT molecular complexity index is 1310. The summed E-state index contributed by atoms with van der Waals surface area (Å²) in [5, 5.41) is 12.6. The lowest BCUT2D eigenvalue weighted by molar-refractivity contribution is -0.555. The predicted octanol–water partition coefficient (Wildman–Crippen LogP) is 6.27. The van der Waals surface area contributed by atoms with Crippen molar-refractivity contribution in [3.8, 4) is 0 Å². The van der Waals surface area contributed by atoms with Gasteiger partial charge in [-0.15, -0.1) is 11.8 Å². The second kappa shape index (κ2) is 15.0. The predicted molar refractivity (Wildman–Crippen MR) is 156 cm³/mol. The van der Waals surface area contributed by atoms with Gasteiger partial charge in [0.25, 0.3) is 6.04 Å². The summed E-state index contributed by atoms with van der Waals surface area (Å²) in [5.41, 5.74) is 2.08. The van der Waals surface area contributed by atoms with Crippen LogP contribution >= 0.6 is 11.8 Å². The third-order valence-corrected chi connectivity index (χ3v) is 7.96. The number of hydrogen-bond donors (Lipinski definition) is 0. The van der Waals surface area contributed by atoms with E-state index in [0.29, 0.717) is 18.1 Å². The zero-order chi connectivity index (χ0) is 28.3. The zero-order valence-corrected chi connectivity index (χ0v) is 23.3. The first-order valence-corrected chi connectivity index (χ1v) is 14.6. The van der Waals surface area contributed by atoms with E-state index in [-0.39, 0.29) is 24.7 Å². The molecule has 1 aliphatic rings. The number of ether oxygens (including phenoxy) is 4. The molecule has 0 saturated carbocycles. The number of furan rings is 1. The lowest BCUT2D eigenvalue weighted by Crippen LogP contribution is -2.62. The zero-order valence-electron chi connectivity index (χ0n) is 22.5. The monoisotopic (exact) mass is 575 g/mol. The molecule has 0 spiro atoms. The molecule has 4 aromatic rings. The summed E-state index contributed by atoms with van der Waals surface area (Å²) >= 11 is 1.32. The second-order valence-corrected chi connectivity index (χ2v) is 10.8. The van der Waals surface area contributed by atoms with E-state index in [1.54, 1.807) is 12.3 Å². The van der Waals surface area contributed by atoms with Crippen LogP contribution in [0.1, 0.15) is 22.5 Å². The van der Waals surface area contributed by atoms with Crippen molar-refractivity contribution in [1.29, 1.82) is 0 Å². The second-order valence-electron chi connectivity index (χ2n) is 9.73. The molecule has 1 saturated heterocycles. The molecule has 0 amide bonds. The molecule has 0 radical (unpaired) electrons. The van der Waals surface area contributed by atoms with Gasteiger partial charge in [-0.1, -0.05) is 91.0 Å². The molecule has 1 aliphatic heterocycles. The quantitative estimate of drug-likeness (QED) is 0.128. The molecule has 1 unspecified atom stereocenters. The molecule has 3 aromatic carbocycles. The van der Waals surface area contributed by atoms with Crippen LogP contribution in [0.4, 0.5) is 0 Å². The molecule has 5 atom stereocenters. The highest BCUT2D eigenvalue weighted by molar-refractivity contribution is 7.99. The van der Waals surface area contributed by atoms with E-state index in [1.807, 2.05) is 97.1 Å². The third kappa shape index (κ3) is 8.28. The molecule has 8 nitrogen and oxygen atoms in total. The minimum atomic E-state index is -1.18. The van der Waals surface area contributed by atoms with E-state index >= 15 is 0 Å². The van der Waals surface area contributed by atoms with E-state index < -0.39 is 29.8 Å². The first-order chi connectivity index (χ1) is 20.2. The van der Waals surface area contributed by atoms with Crippen LogP contribution in [-0.4, -0.2) is 41.3 Å². The van der Waals surface area contributed by atoms with Gasteiger partial charge in [0, 0.05) is 4.92 Å². The number of nitro groups is 1. The molecule has 2 heterocycles. The fourth-order valence-electron chi connectivity index (χ4n) is 4.74. The number of benzene rings is 3. The van der Waals surface area contributed by atoms with Crippen molar-refractivity contribution in [3.63, 3.8) is 0 Å². The van der Waals surface area contributed by atoms with E-state index in [9.17, 15) is 10.1 Å². The minimum absolute atomic E-state index is 0.182. The summed E-state index contributed by atoms with van der Waals surface area (Å²) in [6, 6.07) is 31.6. The van der Waals surface area contributed by atoms with Gasteiger partial charge in [0.15, 0.2) is 11.5 Å². The average molecular weight is 576 g/mol. The molecule has 0 N–H and O–H groups in total. The van der Waals surface area contributed by atoms with E-state index in [4.69, 9.17) is 23.4 Å². The van der Waals surface area contributed by atoms with Crippen LogP contribution in [0.15, 0.2) is 114 Å². The molecular weight excluding hydrogens is 542 g/mol. The molecule has 1 fully saturated rings. The molecule has 0 aliphatic carbocycles. The van der Waals surface area contributed by atoms with Crippen LogP contribution in [0, 0.1) is 10.1 Å². The van der Waals surface area contributed by atoms with Gasteiger partial charge in [0.2, 0.25) is 0 Å². The lowest BCUT2D eigenvalue weighted by atomic mass is 9.97. The Labute approximate surface area is 243 Å². The number of thioether (sulfide) groups is 1. The summed E-state index contributed by atoms with van der Waals surface area (Å²) in [7, 11) is 0. The minimum Gasteiger partial charge on any atom is -0.468 e.